The fourth-order valence-electron chi connectivity index (χ4n) is 1.87. The van der Waals surface area contributed by atoms with Crippen LogP contribution in [0.2, 0.25) is 10.0 Å². The average molecular weight is 284 g/mol. The van der Waals surface area contributed by atoms with Gasteiger partial charge in [0.25, 0.3) is 0 Å². The molecule has 2 N–H and O–H groups in total. The van der Waals surface area contributed by atoms with Crippen LogP contribution >= 0.6 is 23.2 Å². The Morgan fingerprint density at radius 1 is 1.06 bits per heavy atom. The molecule has 0 radical (unpaired) electrons. The first kappa shape index (κ1) is 13.3. The SMILES string of the molecule is CC(N)c1ccc(F)cc1-c1ccc(Cl)cc1Cl. The molecule has 0 fully saturated rings. The van der Waals surface area contributed by atoms with Crippen LogP contribution in [0.5, 0.6) is 0 Å². The van der Waals surface area contributed by atoms with Gasteiger partial charge in [-0.2, -0.15) is 0 Å². The van der Waals surface area contributed by atoms with Gasteiger partial charge in [-0.05, 0) is 42.3 Å². The molecule has 0 aliphatic heterocycles. The van der Waals surface area contributed by atoms with Gasteiger partial charge in [-0.25, -0.2) is 4.39 Å². The summed E-state index contributed by atoms with van der Waals surface area (Å²) >= 11 is 12.0. The van der Waals surface area contributed by atoms with Gasteiger partial charge in [0.1, 0.15) is 5.82 Å². The molecule has 0 heterocycles. The predicted octanol–water partition coefficient (Wildman–Crippen LogP) is 4.82. The van der Waals surface area contributed by atoms with Crippen molar-refractivity contribution in [3.05, 3.63) is 57.8 Å². The van der Waals surface area contributed by atoms with E-state index in [0.717, 1.165) is 11.1 Å². The Bertz CT molecular complexity index is 582. The van der Waals surface area contributed by atoms with Gasteiger partial charge in [0.2, 0.25) is 0 Å². The lowest BCUT2D eigenvalue weighted by molar-refractivity contribution is 0.626. The summed E-state index contributed by atoms with van der Waals surface area (Å²) in [6, 6.07) is 9.44. The largest absolute Gasteiger partial charge is 0.324 e. The number of hydrogen-bond donors (Lipinski definition) is 1. The van der Waals surface area contributed by atoms with Gasteiger partial charge in [0, 0.05) is 21.7 Å². The number of benzene rings is 2. The van der Waals surface area contributed by atoms with Gasteiger partial charge in [-0.1, -0.05) is 35.3 Å². The van der Waals surface area contributed by atoms with E-state index in [1.165, 1.54) is 12.1 Å². The van der Waals surface area contributed by atoms with E-state index >= 15 is 0 Å². The molecule has 2 aromatic carbocycles. The molecule has 4 heteroatoms. The zero-order valence-corrected chi connectivity index (χ0v) is 11.3. The van der Waals surface area contributed by atoms with Crippen LogP contribution in [0.4, 0.5) is 4.39 Å². The second-order valence-electron chi connectivity index (χ2n) is 4.14. The third-order valence-electron chi connectivity index (χ3n) is 2.73. The molecule has 0 saturated heterocycles. The second-order valence-corrected chi connectivity index (χ2v) is 4.99. The van der Waals surface area contributed by atoms with E-state index in [0.29, 0.717) is 15.6 Å². The maximum absolute atomic E-state index is 13.4. The highest BCUT2D eigenvalue weighted by atomic mass is 35.5. The van der Waals surface area contributed by atoms with Crippen molar-refractivity contribution in [3.8, 4) is 11.1 Å². The Labute approximate surface area is 115 Å². The maximum atomic E-state index is 13.4. The Hall–Kier alpha value is -1.09. The summed E-state index contributed by atoms with van der Waals surface area (Å²) in [5.41, 5.74) is 8.17. The third-order valence-corrected chi connectivity index (χ3v) is 3.28. The number of nitrogens with two attached hydrogens (primary N) is 1. The lowest BCUT2D eigenvalue weighted by Gasteiger charge is -2.14. The van der Waals surface area contributed by atoms with Crippen molar-refractivity contribution in [2.45, 2.75) is 13.0 Å². The Kier molecular flexibility index (Phi) is 3.91. The molecule has 0 spiro atoms. The van der Waals surface area contributed by atoms with Crippen LogP contribution in [0.25, 0.3) is 11.1 Å². The second kappa shape index (κ2) is 5.27. The molecule has 0 bridgehead atoms. The van der Waals surface area contributed by atoms with Crippen LogP contribution < -0.4 is 5.73 Å². The van der Waals surface area contributed by atoms with Crippen LogP contribution in [-0.4, -0.2) is 0 Å². The summed E-state index contributed by atoms with van der Waals surface area (Å²) in [4.78, 5) is 0. The predicted molar refractivity (Wildman–Crippen MR) is 74.5 cm³/mol. The summed E-state index contributed by atoms with van der Waals surface area (Å²) in [7, 11) is 0. The Balaban J connectivity index is 2.65. The molecule has 0 saturated carbocycles. The van der Waals surface area contributed by atoms with Crippen molar-refractivity contribution in [1.82, 2.24) is 0 Å². The molecule has 2 aromatic rings. The molecule has 0 aromatic heterocycles. The molecule has 1 unspecified atom stereocenters. The quantitative estimate of drug-likeness (QED) is 0.840. The smallest absolute Gasteiger partial charge is 0.123 e. The fourth-order valence-corrected chi connectivity index (χ4v) is 2.38. The van der Waals surface area contributed by atoms with E-state index in [1.54, 1.807) is 24.3 Å². The molecule has 94 valence electrons. The van der Waals surface area contributed by atoms with Crippen LogP contribution in [0, 0.1) is 5.82 Å². The number of rotatable bonds is 2. The summed E-state index contributed by atoms with van der Waals surface area (Å²) < 4.78 is 13.4. The van der Waals surface area contributed by atoms with Crippen LogP contribution in [-0.2, 0) is 0 Å². The molecule has 0 amide bonds. The van der Waals surface area contributed by atoms with Crippen LogP contribution in [0.1, 0.15) is 18.5 Å². The molecule has 0 aliphatic rings. The summed E-state index contributed by atoms with van der Waals surface area (Å²) in [5, 5.41) is 1.03. The minimum Gasteiger partial charge on any atom is -0.324 e. The minimum atomic E-state index is -0.319. The van der Waals surface area contributed by atoms with E-state index in [-0.39, 0.29) is 11.9 Å². The Morgan fingerprint density at radius 2 is 1.78 bits per heavy atom. The average Bonchev–Trinajstić information content (AvgIpc) is 2.28. The standard InChI is InChI=1S/C14H12Cl2FN/c1-8(18)11-5-3-10(17)7-13(11)12-4-2-9(15)6-14(12)16/h2-8H,18H2,1H3. The molecule has 18 heavy (non-hydrogen) atoms. The third kappa shape index (κ3) is 2.66. The first-order valence-corrected chi connectivity index (χ1v) is 6.25. The van der Waals surface area contributed by atoms with Crippen molar-refractivity contribution in [3.63, 3.8) is 0 Å². The van der Waals surface area contributed by atoms with E-state index in [9.17, 15) is 4.39 Å². The normalized spacial score (nSPS) is 12.5. The lowest BCUT2D eigenvalue weighted by Crippen LogP contribution is -2.07. The van der Waals surface area contributed by atoms with E-state index in [2.05, 4.69) is 0 Å². The maximum Gasteiger partial charge on any atom is 0.123 e. The Morgan fingerprint density at radius 3 is 2.39 bits per heavy atom. The molecule has 1 atom stereocenters. The number of hydrogen-bond acceptors (Lipinski definition) is 1. The van der Waals surface area contributed by atoms with E-state index < -0.39 is 0 Å². The van der Waals surface area contributed by atoms with Crippen molar-refractivity contribution in [2.24, 2.45) is 5.73 Å². The van der Waals surface area contributed by atoms with Crippen molar-refractivity contribution in [2.75, 3.05) is 0 Å². The van der Waals surface area contributed by atoms with Crippen molar-refractivity contribution < 1.29 is 4.39 Å². The van der Waals surface area contributed by atoms with E-state index in [4.69, 9.17) is 28.9 Å². The highest BCUT2D eigenvalue weighted by Gasteiger charge is 2.13. The van der Waals surface area contributed by atoms with Crippen molar-refractivity contribution in [1.29, 1.82) is 0 Å². The van der Waals surface area contributed by atoms with Gasteiger partial charge < -0.3 is 5.73 Å². The fraction of sp³-hybridized carbons (Fsp3) is 0.143. The van der Waals surface area contributed by atoms with Crippen LogP contribution in [0.3, 0.4) is 0 Å². The topological polar surface area (TPSA) is 26.0 Å². The highest BCUT2D eigenvalue weighted by Crippen LogP contribution is 2.34. The summed E-state index contributed by atoms with van der Waals surface area (Å²) in [6.07, 6.45) is 0. The van der Waals surface area contributed by atoms with Crippen LogP contribution in [0.15, 0.2) is 36.4 Å². The molecule has 0 aliphatic carbocycles. The highest BCUT2D eigenvalue weighted by molar-refractivity contribution is 6.36. The molecular formula is C14H12Cl2FN. The van der Waals surface area contributed by atoms with Gasteiger partial charge in [0.15, 0.2) is 0 Å². The van der Waals surface area contributed by atoms with Crippen molar-refractivity contribution >= 4 is 23.2 Å². The minimum absolute atomic E-state index is 0.202. The summed E-state index contributed by atoms with van der Waals surface area (Å²) in [5.74, 6) is -0.319. The lowest BCUT2D eigenvalue weighted by atomic mass is 9.96. The van der Waals surface area contributed by atoms with Gasteiger partial charge >= 0.3 is 0 Å². The molecule has 2 rings (SSSR count). The van der Waals surface area contributed by atoms with Gasteiger partial charge in [0.05, 0.1) is 0 Å². The zero-order valence-electron chi connectivity index (χ0n) is 9.75. The molecular weight excluding hydrogens is 272 g/mol. The zero-order chi connectivity index (χ0) is 13.3. The van der Waals surface area contributed by atoms with Gasteiger partial charge in [-0.15, -0.1) is 0 Å². The van der Waals surface area contributed by atoms with E-state index in [1.807, 2.05) is 6.92 Å². The summed E-state index contributed by atoms with van der Waals surface area (Å²) in [6.45, 7) is 1.85. The van der Waals surface area contributed by atoms with Gasteiger partial charge in [-0.3, -0.25) is 0 Å². The molecule has 1 nitrogen and oxygen atoms in total. The number of halogens is 3. The first-order chi connectivity index (χ1) is 8.49. The first-order valence-electron chi connectivity index (χ1n) is 5.49. The monoisotopic (exact) mass is 283 g/mol.